The van der Waals surface area contributed by atoms with Gasteiger partial charge in [-0.25, -0.2) is 4.79 Å². The number of carboxylic acids is 2. The Morgan fingerprint density at radius 2 is 1.89 bits per heavy atom. The molecule has 27 heavy (non-hydrogen) atoms. The van der Waals surface area contributed by atoms with E-state index < -0.39 is 30.3 Å². The standard InChI is InChI=1S/C18H13NO6S2/c20-15(21)9-12(17(23)24)19-16(22)14(27-18(19)26)8-11-6-7-13(25-11)10-4-2-1-3-5-10/h1-8,12H,9H2,(H,20,21)(H,23,24)/b14-8-/t12-/m1/s1. The number of furan rings is 1. The molecule has 7 nitrogen and oxygen atoms in total. The zero-order chi connectivity index (χ0) is 19.6. The molecule has 0 saturated carbocycles. The lowest BCUT2D eigenvalue weighted by atomic mass is 10.2. The molecule has 1 saturated heterocycles. The zero-order valence-electron chi connectivity index (χ0n) is 13.7. The molecule has 1 aromatic carbocycles. The molecule has 1 fully saturated rings. The van der Waals surface area contributed by atoms with Gasteiger partial charge in [0.1, 0.15) is 21.9 Å². The second-order valence-corrected chi connectivity index (χ2v) is 7.25. The smallest absolute Gasteiger partial charge is 0.327 e. The monoisotopic (exact) mass is 403 g/mol. The van der Waals surface area contributed by atoms with E-state index in [1.165, 1.54) is 6.08 Å². The van der Waals surface area contributed by atoms with Crippen LogP contribution in [0.3, 0.4) is 0 Å². The third kappa shape index (κ3) is 4.09. The molecule has 2 N–H and O–H groups in total. The van der Waals surface area contributed by atoms with Crippen molar-refractivity contribution in [1.29, 1.82) is 0 Å². The highest BCUT2D eigenvalue weighted by Gasteiger charge is 2.41. The van der Waals surface area contributed by atoms with E-state index in [2.05, 4.69) is 0 Å². The van der Waals surface area contributed by atoms with Crippen LogP contribution >= 0.6 is 24.0 Å². The van der Waals surface area contributed by atoms with E-state index in [1.54, 1.807) is 12.1 Å². The summed E-state index contributed by atoms with van der Waals surface area (Å²) >= 11 is 5.99. The molecule has 1 aliphatic rings. The Bertz CT molecular complexity index is 950. The van der Waals surface area contributed by atoms with Crippen molar-refractivity contribution >= 4 is 52.2 Å². The molecule has 138 valence electrons. The largest absolute Gasteiger partial charge is 0.481 e. The van der Waals surface area contributed by atoms with Crippen molar-refractivity contribution in [2.45, 2.75) is 12.5 Å². The number of hydrogen-bond acceptors (Lipinski definition) is 6. The fraction of sp³-hybridized carbons (Fsp3) is 0.111. The Balaban J connectivity index is 1.85. The molecule has 1 atom stereocenters. The average molecular weight is 403 g/mol. The van der Waals surface area contributed by atoms with Gasteiger partial charge >= 0.3 is 11.9 Å². The van der Waals surface area contributed by atoms with Gasteiger partial charge in [0.25, 0.3) is 5.91 Å². The molecule has 2 heterocycles. The fourth-order valence-corrected chi connectivity index (χ4v) is 3.86. The normalized spacial score (nSPS) is 16.7. The van der Waals surface area contributed by atoms with Gasteiger partial charge in [-0.2, -0.15) is 0 Å². The molecule has 0 unspecified atom stereocenters. The molecule has 9 heteroatoms. The molecule has 0 spiro atoms. The Morgan fingerprint density at radius 1 is 1.19 bits per heavy atom. The number of hydrogen-bond donors (Lipinski definition) is 2. The average Bonchev–Trinajstić information content (AvgIpc) is 3.19. The Hall–Kier alpha value is -2.91. The first-order chi connectivity index (χ1) is 12.9. The maximum Gasteiger partial charge on any atom is 0.327 e. The second-order valence-electron chi connectivity index (χ2n) is 5.57. The molecular formula is C18H13NO6S2. The van der Waals surface area contributed by atoms with Crippen LogP contribution in [0, 0.1) is 0 Å². The predicted octanol–water partition coefficient (Wildman–Crippen LogP) is 3.08. The van der Waals surface area contributed by atoms with E-state index >= 15 is 0 Å². The number of carbonyl (C=O) groups excluding carboxylic acids is 1. The summed E-state index contributed by atoms with van der Waals surface area (Å²) in [4.78, 5) is 35.9. The Kier molecular flexibility index (Phi) is 5.43. The highest BCUT2D eigenvalue weighted by molar-refractivity contribution is 8.26. The molecule has 1 amide bonds. The van der Waals surface area contributed by atoms with Crippen LogP contribution < -0.4 is 0 Å². The van der Waals surface area contributed by atoms with Crippen molar-refractivity contribution in [1.82, 2.24) is 4.90 Å². The zero-order valence-corrected chi connectivity index (χ0v) is 15.3. The summed E-state index contributed by atoms with van der Waals surface area (Å²) < 4.78 is 5.70. The minimum absolute atomic E-state index is 0.00487. The van der Waals surface area contributed by atoms with E-state index in [-0.39, 0.29) is 9.23 Å². The number of nitrogens with zero attached hydrogens (tertiary/aromatic N) is 1. The summed E-state index contributed by atoms with van der Waals surface area (Å²) in [5, 5.41) is 18.2. The maximum atomic E-state index is 12.6. The predicted molar refractivity (Wildman–Crippen MR) is 103 cm³/mol. The van der Waals surface area contributed by atoms with Gasteiger partial charge in [0.15, 0.2) is 0 Å². The highest BCUT2D eigenvalue weighted by Crippen LogP contribution is 2.35. The molecular weight excluding hydrogens is 390 g/mol. The minimum atomic E-state index is -1.56. The van der Waals surface area contributed by atoms with E-state index in [9.17, 15) is 19.5 Å². The highest BCUT2D eigenvalue weighted by atomic mass is 32.2. The first kappa shape index (κ1) is 18.9. The lowest BCUT2D eigenvalue weighted by Crippen LogP contribution is -2.45. The van der Waals surface area contributed by atoms with E-state index in [0.717, 1.165) is 22.2 Å². The van der Waals surface area contributed by atoms with Crippen LogP contribution in [0.25, 0.3) is 17.4 Å². The number of carboxylic acid groups (broad SMARTS) is 2. The number of aliphatic carboxylic acids is 2. The summed E-state index contributed by atoms with van der Waals surface area (Å²) in [7, 11) is 0. The summed E-state index contributed by atoms with van der Waals surface area (Å²) in [6.45, 7) is 0. The van der Waals surface area contributed by atoms with Crippen LogP contribution in [0.15, 0.2) is 51.8 Å². The molecule has 3 rings (SSSR count). The quantitative estimate of drug-likeness (QED) is 0.560. The lowest BCUT2D eigenvalue weighted by Gasteiger charge is -2.21. The number of amides is 1. The van der Waals surface area contributed by atoms with Crippen molar-refractivity contribution in [3.8, 4) is 11.3 Å². The lowest BCUT2D eigenvalue weighted by molar-refractivity contribution is -0.150. The van der Waals surface area contributed by atoms with Gasteiger partial charge in [-0.05, 0) is 12.1 Å². The molecule has 0 aliphatic carbocycles. The van der Waals surface area contributed by atoms with Crippen LogP contribution in [0.2, 0.25) is 0 Å². The van der Waals surface area contributed by atoms with Crippen molar-refractivity contribution in [3.63, 3.8) is 0 Å². The van der Waals surface area contributed by atoms with Gasteiger partial charge in [0.2, 0.25) is 0 Å². The number of thiocarbonyl (C=S) groups is 1. The first-order valence-electron chi connectivity index (χ1n) is 7.73. The summed E-state index contributed by atoms with van der Waals surface area (Å²) in [6.07, 6.45) is 0.722. The second kappa shape index (κ2) is 7.77. The van der Waals surface area contributed by atoms with Gasteiger partial charge in [-0.3, -0.25) is 14.5 Å². The van der Waals surface area contributed by atoms with Crippen molar-refractivity contribution in [2.75, 3.05) is 0 Å². The van der Waals surface area contributed by atoms with Crippen molar-refractivity contribution in [2.24, 2.45) is 0 Å². The number of thioether (sulfide) groups is 1. The fourth-order valence-electron chi connectivity index (χ4n) is 2.52. The topological polar surface area (TPSA) is 108 Å². The molecule has 0 bridgehead atoms. The van der Waals surface area contributed by atoms with Crippen molar-refractivity contribution < 1.29 is 29.0 Å². The van der Waals surface area contributed by atoms with Crippen LogP contribution in [0.4, 0.5) is 0 Å². The van der Waals surface area contributed by atoms with Crippen molar-refractivity contribution in [3.05, 3.63) is 53.1 Å². The Morgan fingerprint density at radius 3 is 2.52 bits per heavy atom. The molecule has 0 radical (unpaired) electrons. The summed E-state index contributed by atoms with van der Waals surface area (Å²) in [5.74, 6) is -2.40. The van der Waals surface area contributed by atoms with Crippen LogP contribution in [-0.4, -0.2) is 43.3 Å². The van der Waals surface area contributed by atoms with Gasteiger partial charge in [0, 0.05) is 11.6 Å². The van der Waals surface area contributed by atoms with Crippen LogP contribution in [0.1, 0.15) is 12.2 Å². The third-order valence-electron chi connectivity index (χ3n) is 3.75. The third-order valence-corrected chi connectivity index (χ3v) is 5.08. The van der Waals surface area contributed by atoms with Gasteiger partial charge < -0.3 is 14.6 Å². The maximum absolute atomic E-state index is 12.6. The van der Waals surface area contributed by atoms with Crippen LogP contribution in [-0.2, 0) is 14.4 Å². The molecule has 1 aliphatic heterocycles. The summed E-state index contributed by atoms with van der Waals surface area (Å²) in [5.41, 5.74) is 0.872. The summed E-state index contributed by atoms with van der Waals surface area (Å²) in [6, 6.07) is 11.3. The SMILES string of the molecule is O=C(O)C[C@H](C(=O)O)N1C(=O)/C(=C/c2ccc(-c3ccccc3)o2)SC1=S. The van der Waals surface area contributed by atoms with Gasteiger partial charge in [-0.15, -0.1) is 0 Å². The van der Waals surface area contributed by atoms with E-state index in [1.807, 2.05) is 30.3 Å². The van der Waals surface area contributed by atoms with Gasteiger partial charge in [0.05, 0.1) is 11.3 Å². The van der Waals surface area contributed by atoms with Crippen LogP contribution in [0.5, 0.6) is 0 Å². The minimum Gasteiger partial charge on any atom is -0.481 e. The number of carbonyl (C=O) groups is 3. The van der Waals surface area contributed by atoms with E-state index in [0.29, 0.717) is 11.5 Å². The number of rotatable bonds is 6. The Labute approximate surface area is 163 Å². The van der Waals surface area contributed by atoms with E-state index in [4.69, 9.17) is 21.7 Å². The molecule has 1 aromatic heterocycles. The number of benzene rings is 1. The first-order valence-corrected chi connectivity index (χ1v) is 8.96. The van der Waals surface area contributed by atoms with Gasteiger partial charge in [-0.1, -0.05) is 54.3 Å². The molecule has 2 aromatic rings.